The molecule has 2 aliphatic heterocycles. The van der Waals surface area contributed by atoms with Crippen molar-refractivity contribution in [2.75, 3.05) is 26.2 Å². The van der Waals surface area contributed by atoms with E-state index in [1.807, 2.05) is 0 Å². The van der Waals surface area contributed by atoms with E-state index in [-0.39, 0.29) is 44.1 Å². The van der Waals surface area contributed by atoms with E-state index in [1.54, 1.807) is 73.3 Å². The molecule has 16 heteroatoms. The van der Waals surface area contributed by atoms with Gasteiger partial charge in [-0.2, -0.15) is 0 Å². The maximum absolute atomic E-state index is 13.1. The first-order valence-corrected chi connectivity index (χ1v) is 15.0. The van der Waals surface area contributed by atoms with Crippen molar-refractivity contribution in [3.63, 3.8) is 0 Å². The Labute approximate surface area is 263 Å². The Bertz CT molecular complexity index is 1260. The predicted molar refractivity (Wildman–Crippen MR) is 161 cm³/mol. The van der Waals surface area contributed by atoms with Crippen molar-refractivity contribution < 1.29 is 43.1 Å². The molecule has 2 bridgehead atoms. The van der Waals surface area contributed by atoms with Crippen LogP contribution >= 0.6 is 0 Å². The fourth-order valence-corrected chi connectivity index (χ4v) is 4.63. The van der Waals surface area contributed by atoms with Crippen LogP contribution in [0, 0.1) is 0 Å². The Kier molecular flexibility index (Phi) is 10.9. The van der Waals surface area contributed by atoms with Gasteiger partial charge in [0.05, 0.1) is 12.1 Å². The maximum Gasteiger partial charge on any atom is 0.437 e. The smallest absolute Gasteiger partial charge is 0.437 e. The highest BCUT2D eigenvalue weighted by Crippen LogP contribution is 2.37. The van der Waals surface area contributed by atoms with Gasteiger partial charge >= 0.3 is 24.3 Å². The molecule has 0 aromatic carbocycles. The summed E-state index contributed by atoms with van der Waals surface area (Å²) in [6.07, 6.45) is -0.775. The normalized spacial score (nSPS) is 18.9. The molecule has 3 N–H and O–H groups in total. The Morgan fingerprint density at radius 2 is 1.67 bits per heavy atom. The summed E-state index contributed by atoms with van der Waals surface area (Å²) in [7, 11) is 0. The molecule has 0 saturated carbocycles. The predicted octanol–water partition coefficient (Wildman–Crippen LogP) is 4.19. The van der Waals surface area contributed by atoms with Crippen molar-refractivity contribution in [1.29, 1.82) is 0 Å². The van der Waals surface area contributed by atoms with Gasteiger partial charge in [0, 0.05) is 38.7 Å². The van der Waals surface area contributed by atoms with Gasteiger partial charge in [0.25, 0.3) is 0 Å². The van der Waals surface area contributed by atoms with E-state index in [0.717, 1.165) is 5.06 Å². The van der Waals surface area contributed by atoms with Crippen LogP contribution in [0.2, 0.25) is 0 Å². The molecule has 0 unspecified atom stereocenters. The topological polar surface area (TPSA) is 188 Å². The number of hydroxylamine groups is 2. The number of nitrogens with zero attached hydrogens (tertiary/aromatic N) is 5. The van der Waals surface area contributed by atoms with Gasteiger partial charge in [-0.3, -0.25) is 10.5 Å². The number of amides is 5. The molecular formula is C29H47N7O9. The van der Waals surface area contributed by atoms with E-state index >= 15 is 0 Å². The van der Waals surface area contributed by atoms with Crippen LogP contribution in [0.25, 0.3) is 0 Å². The zero-order chi connectivity index (χ0) is 33.7. The minimum atomic E-state index is -0.929. The molecule has 3 rings (SSSR count). The molecule has 2 atom stereocenters. The van der Waals surface area contributed by atoms with Gasteiger partial charge < -0.3 is 33.9 Å². The third-order valence-electron chi connectivity index (χ3n) is 6.43. The molecule has 1 aromatic heterocycles. The highest BCUT2D eigenvalue weighted by atomic mass is 16.6. The van der Waals surface area contributed by atoms with Crippen molar-refractivity contribution in [2.24, 2.45) is 4.99 Å². The zero-order valence-electron chi connectivity index (χ0n) is 27.6. The lowest BCUT2D eigenvalue weighted by atomic mass is 9.98. The minimum Gasteiger partial charge on any atom is -0.444 e. The molecular weight excluding hydrogens is 590 g/mol. The second-order valence-corrected chi connectivity index (χ2v) is 14.0. The largest absolute Gasteiger partial charge is 0.444 e. The quantitative estimate of drug-likeness (QED) is 0.168. The summed E-state index contributed by atoms with van der Waals surface area (Å²) in [5.41, 5.74) is -1.79. The SMILES string of the molecule is CC(C)(C)OC(=O)/N=C(\NCCN(CCc1cc([C@@H]2CC[C@H]3CN2C(=O)N3O)no1)C(=O)OC(C)(C)C)NC(=O)OC(C)(C)C. The summed E-state index contributed by atoms with van der Waals surface area (Å²) < 4.78 is 21.6. The van der Waals surface area contributed by atoms with Gasteiger partial charge in [0.2, 0.25) is 5.96 Å². The van der Waals surface area contributed by atoms with Crippen molar-refractivity contribution in [2.45, 2.75) is 110 Å². The summed E-state index contributed by atoms with van der Waals surface area (Å²) in [5, 5.41) is 20.2. The molecule has 252 valence electrons. The number of nitrogens with one attached hydrogen (secondary N) is 2. The number of ether oxygens (including phenoxy) is 3. The van der Waals surface area contributed by atoms with Crippen LogP contribution < -0.4 is 10.6 Å². The first kappa shape index (κ1) is 35.4. The fraction of sp³-hybridized carbons (Fsp3) is 0.724. The van der Waals surface area contributed by atoms with Gasteiger partial charge in [-0.15, -0.1) is 4.99 Å². The Morgan fingerprint density at radius 3 is 2.29 bits per heavy atom. The van der Waals surface area contributed by atoms with E-state index in [9.17, 15) is 24.4 Å². The standard InChI is InChI=1S/C29H47N7O9/c1-27(2,3)42-23(37)31-22(32-24(38)43-28(4,5)6)30-13-15-34(26(40)44-29(7,8)9)14-12-19-16-20(33-45-19)21-11-10-18-17-35(21)25(39)36(18)41/h16,18,21,41H,10-15,17H2,1-9H3,(H2,30,31,32,37,38)/t18-,21-/m0/s1. The Morgan fingerprint density at radius 1 is 1.02 bits per heavy atom. The highest BCUT2D eigenvalue weighted by Gasteiger charge is 2.45. The molecule has 0 spiro atoms. The Balaban J connectivity index is 1.67. The molecule has 2 fully saturated rings. The number of hydrogen-bond acceptors (Lipinski definition) is 10. The number of carbonyl (C=O) groups excluding carboxylic acids is 4. The van der Waals surface area contributed by atoms with E-state index in [0.29, 0.717) is 30.8 Å². The number of guanidine groups is 1. The number of fused-ring (bicyclic) bond motifs is 2. The summed E-state index contributed by atoms with van der Waals surface area (Å²) in [6, 6.07) is 0.770. The second-order valence-electron chi connectivity index (χ2n) is 14.0. The maximum atomic E-state index is 13.1. The van der Waals surface area contributed by atoms with E-state index in [2.05, 4.69) is 20.8 Å². The highest BCUT2D eigenvalue weighted by molar-refractivity contribution is 5.98. The molecule has 1 aromatic rings. The molecule has 0 aliphatic carbocycles. The number of aliphatic imine (C=N–C) groups is 1. The zero-order valence-corrected chi connectivity index (χ0v) is 27.6. The lowest BCUT2D eigenvalue weighted by molar-refractivity contribution is -0.0584. The average Bonchev–Trinajstić information content (AvgIpc) is 3.42. The minimum absolute atomic E-state index is 0.0658. The summed E-state index contributed by atoms with van der Waals surface area (Å²) in [6.45, 7) is 16.2. The van der Waals surface area contributed by atoms with Gasteiger partial charge in [-0.05, 0) is 75.2 Å². The average molecular weight is 638 g/mol. The second kappa shape index (κ2) is 13.9. The third kappa shape index (κ3) is 11.1. The van der Waals surface area contributed by atoms with Crippen molar-refractivity contribution in [1.82, 2.24) is 30.7 Å². The summed E-state index contributed by atoms with van der Waals surface area (Å²) in [5.74, 6) is 0.287. The van der Waals surface area contributed by atoms with Gasteiger partial charge in [-0.1, -0.05) is 5.16 Å². The first-order valence-electron chi connectivity index (χ1n) is 15.0. The molecule has 0 radical (unpaired) electrons. The van der Waals surface area contributed by atoms with E-state index < -0.39 is 41.1 Å². The molecule has 16 nitrogen and oxygen atoms in total. The van der Waals surface area contributed by atoms with E-state index in [4.69, 9.17) is 18.7 Å². The van der Waals surface area contributed by atoms with Crippen LogP contribution in [0.3, 0.4) is 0 Å². The summed E-state index contributed by atoms with van der Waals surface area (Å²) >= 11 is 0. The lowest BCUT2D eigenvalue weighted by Gasteiger charge is -2.28. The first-order chi connectivity index (χ1) is 20.7. The fourth-order valence-electron chi connectivity index (χ4n) is 4.63. The number of carbonyl (C=O) groups is 4. The van der Waals surface area contributed by atoms with Crippen LogP contribution in [0.4, 0.5) is 19.2 Å². The van der Waals surface area contributed by atoms with E-state index in [1.165, 1.54) is 4.90 Å². The molecule has 45 heavy (non-hydrogen) atoms. The number of urea groups is 1. The number of hydrogen-bond donors (Lipinski definition) is 3. The Hall–Kier alpha value is -4.08. The molecule has 3 heterocycles. The van der Waals surface area contributed by atoms with Crippen LogP contribution in [0.15, 0.2) is 15.6 Å². The van der Waals surface area contributed by atoms with Crippen molar-refractivity contribution in [3.8, 4) is 0 Å². The molecule has 2 aliphatic rings. The van der Waals surface area contributed by atoms with Gasteiger partial charge in [0.15, 0.2) is 0 Å². The van der Waals surface area contributed by atoms with Gasteiger partial charge in [-0.25, -0.2) is 24.2 Å². The molecule has 5 amide bonds. The van der Waals surface area contributed by atoms with Crippen LogP contribution in [-0.4, -0.2) is 105 Å². The van der Waals surface area contributed by atoms with Crippen molar-refractivity contribution in [3.05, 3.63) is 17.5 Å². The third-order valence-corrected chi connectivity index (χ3v) is 6.43. The van der Waals surface area contributed by atoms with Crippen LogP contribution in [0.5, 0.6) is 0 Å². The molecule has 2 saturated heterocycles. The lowest BCUT2D eigenvalue weighted by Crippen LogP contribution is -2.47. The van der Waals surface area contributed by atoms with Crippen LogP contribution in [0.1, 0.15) is 92.7 Å². The number of aromatic nitrogens is 1. The summed E-state index contributed by atoms with van der Waals surface area (Å²) in [4.78, 5) is 57.1. The number of rotatable bonds is 7. The monoisotopic (exact) mass is 637 g/mol. The van der Waals surface area contributed by atoms with Crippen LogP contribution in [-0.2, 0) is 20.6 Å². The number of piperidine rings is 1. The van der Waals surface area contributed by atoms with Gasteiger partial charge in [0.1, 0.15) is 28.3 Å². The number of alkyl carbamates (subject to hydrolysis) is 1. The van der Waals surface area contributed by atoms with Crippen molar-refractivity contribution >= 4 is 30.3 Å².